The molecular weight excluding hydrogens is 481 g/mol. The zero-order valence-corrected chi connectivity index (χ0v) is 20.5. The lowest BCUT2D eigenvalue weighted by Gasteiger charge is -2.34. The normalized spacial score (nSPS) is 13.4. The number of ether oxygens (including phenoxy) is 2. The molecule has 0 aliphatic carbocycles. The highest BCUT2D eigenvalue weighted by atomic mass is 19.1. The first-order chi connectivity index (χ1) is 17.9. The lowest BCUT2D eigenvalue weighted by Crippen LogP contribution is -2.50. The molecule has 0 radical (unpaired) electrons. The molecule has 1 fully saturated rings. The number of benzene rings is 2. The fraction of sp³-hybridized carbons (Fsp3) is 0.346. The van der Waals surface area contributed by atoms with E-state index in [1.54, 1.807) is 53.1 Å². The number of hydrogen-bond acceptors (Lipinski definition) is 7. The molecule has 0 unspecified atom stereocenters. The summed E-state index contributed by atoms with van der Waals surface area (Å²) in [6, 6.07) is 13.1. The zero-order chi connectivity index (χ0) is 26.2. The molecule has 11 heteroatoms. The predicted octanol–water partition coefficient (Wildman–Crippen LogP) is 2.78. The molecule has 0 spiro atoms. The van der Waals surface area contributed by atoms with Crippen LogP contribution in [0, 0.1) is 5.82 Å². The van der Waals surface area contributed by atoms with Crippen molar-refractivity contribution < 1.29 is 23.5 Å². The Bertz CT molecular complexity index is 1290. The highest BCUT2D eigenvalue weighted by molar-refractivity contribution is 5.77. The number of nitrogens with zero attached hydrogens (tertiary/aromatic N) is 4. The lowest BCUT2D eigenvalue weighted by molar-refractivity contribution is -0.132. The van der Waals surface area contributed by atoms with Crippen LogP contribution >= 0.6 is 0 Å². The summed E-state index contributed by atoms with van der Waals surface area (Å²) in [5.74, 6) is 0.455. The zero-order valence-electron chi connectivity index (χ0n) is 20.5. The van der Waals surface area contributed by atoms with Gasteiger partial charge in [0.1, 0.15) is 23.9 Å². The van der Waals surface area contributed by atoms with Crippen LogP contribution < -0.4 is 10.3 Å². The minimum atomic E-state index is -0.406. The topological polar surface area (TPSA) is 118 Å². The van der Waals surface area contributed by atoms with Crippen LogP contribution in [0.3, 0.4) is 0 Å². The summed E-state index contributed by atoms with van der Waals surface area (Å²) in [5.41, 5.74) is 1.13. The summed E-state index contributed by atoms with van der Waals surface area (Å²) < 4.78 is 24.0. The Hall–Kier alpha value is -4.28. The van der Waals surface area contributed by atoms with Gasteiger partial charge in [0.2, 0.25) is 5.91 Å². The Balaban J connectivity index is 1.28. The highest BCUT2D eigenvalue weighted by Crippen LogP contribution is 2.19. The fourth-order valence-electron chi connectivity index (χ4n) is 3.89. The summed E-state index contributed by atoms with van der Waals surface area (Å²) in [4.78, 5) is 42.9. The van der Waals surface area contributed by atoms with Crippen LogP contribution in [0.4, 0.5) is 9.18 Å². The van der Waals surface area contributed by atoms with Gasteiger partial charge in [-0.15, -0.1) is 10.2 Å². The first-order valence-corrected chi connectivity index (χ1v) is 12.1. The number of aromatic nitrogens is 3. The van der Waals surface area contributed by atoms with E-state index < -0.39 is 5.56 Å². The van der Waals surface area contributed by atoms with Crippen molar-refractivity contribution in [2.24, 2.45) is 0 Å². The van der Waals surface area contributed by atoms with Gasteiger partial charge in [-0.05, 0) is 48.9 Å². The molecule has 1 aromatic heterocycles. The second-order valence-electron chi connectivity index (χ2n) is 8.46. The fourth-order valence-corrected chi connectivity index (χ4v) is 3.89. The highest BCUT2D eigenvalue weighted by Gasteiger charge is 2.25. The Labute approximate surface area is 213 Å². The standard InChI is InChI=1S/C26H28FN5O5/c1-2-36-26(35)32-14-12-31(13-15-32)23(33)11-10-22-25(34)28-24(30-29-22)19-6-8-21(9-7-19)37-17-18-4-3-5-20(27)16-18/h3-9,16H,2,10-15,17H2,1H3,(H,28,30,34). The molecule has 0 saturated carbocycles. The number of H-pyrrole nitrogens is 1. The van der Waals surface area contributed by atoms with Gasteiger partial charge in [-0.25, -0.2) is 9.18 Å². The summed E-state index contributed by atoms with van der Waals surface area (Å²) in [5, 5.41) is 8.14. The molecule has 0 bridgehead atoms. The summed E-state index contributed by atoms with van der Waals surface area (Å²) in [6.45, 7) is 3.94. The number of aryl methyl sites for hydroxylation is 1. The van der Waals surface area contributed by atoms with Crippen molar-refractivity contribution in [3.8, 4) is 17.1 Å². The Kier molecular flexibility index (Phi) is 8.44. The largest absolute Gasteiger partial charge is 0.489 e. The summed E-state index contributed by atoms with van der Waals surface area (Å²) in [6.07, 6.45) is -0.0946. The van der Waals surface area contributed by atoms with Crippen LogP contribution in [0.1, 0.15) is 24.6 Å². The Morgan fingerprint density at radius 3 is 2.43 bits per heavy atom. The van der Waals surface area contributed by atoms with Crippen molar-refractivity contribution in [2.45, 2.75) is 26.4 Å². The number of amides is 2. The third-order valence-electron chi connectivity index (χ3n) is 5.92. The van der Waals surface area contributed by atoms with E-state index in [1.165, 1.54) is 12.1 Å². The van der Waals surface area contributed by atoms with Crippen molar-refractivity contribution in [3.63, 3.8) is 0 Å². The van der Waals surface area contributed by atoms with E-state index >= 15 is 0 Å². The van der Waals surface area contributed by atoms with E-state index in [0.29, 0.717) is 55.5 Å². The van der Waals surface area contributed by atoms with E-state index in [9.17, 15) is 18.8 Å². The van der Waals surface area contributed by atoms with Gasteiger partial charge in [-0.2, -0.15) is 0 Å². The third-order valence-corrected chi connectivity index (χ3v) is 5.92. The van der Waals surface area contributed by atoms with Gasteiger partial charge in [-0.1, -0.05) is 12.1 Å². The number of piperazine rings is 1. The number of rotatable bonds is 8. The average molecular weight is 510 g/mol. The predicted molar refractivity (Wildman–Crippen MR) is 132 cm³/mol. The van der Waals surface area contributed by atoms with E-state index in [-0.39, 0.29) is 43.0 Å². The van der Waals surface area contributed by atoms with Crippen molar-refractivity contribution >= 4 is 12.0 Å². The van der Waals surface area contributed by atoms with E-state index in [4.69, 9.17) is 9.47 Å². The maximum absolute atomic E-state index is 13.3. The molecule has 1 aliphatic heterocycles. The van der Waals surface area contributed by atoms with Crippen LogP contribution in [-0.4, -0.2) is 69.8 Å². The molecule has 37 heavy (non-hydrogen) atoms. The second kappa shape index (κ2) is 12.1. The van der Waals surface area contributed by atoms with E-state index in [1.807, 2.05) is 0 Å². The molecule has 4 rings (SSSR count). The molecule has 3 aromatic rings. The molecule has 194 valence electrons. The molecule has 2 aromatic carbocycles. The maximum Gasteiger partial charge on any atom is 0.409 e. The monoisotopic (exact) mass is 509 g/mol. The van der Waals surface area contributed by atoms with Crippen LogP contribution in [0.5, 0.6) is 5.75 Å². The number of aromatic amines is 1. The van der Waals surface area contributed by atoms with Crippen LogP contribution in [0.25, 0.3) is 11.4 Å². The lowest BCUT2D eigenvalue weighted by atomic mass is 10.2. The van der Waals surface area contributed by atoms with Gasteiger partial charge >= 0.3 is 6.09 Å². The quantitative estimate of drug-likeness (QED) is 0.496. The molecule has 0 atom stereocenters. The average Bonchev–Trinajstić information content (AvgIpc) is 2.91. The van der Waals surface area contributed by atoms with Gasteiger partial charge in [-0.3, -0.25) is 9.59 Å². The molecule has 1 aliphatic rings. The van der Waals surface area contributed by atoms with E-state index in [0.717, 1.165) is 0 Å². The van der Waals surface area contributed by atoms with Crippen molar-refractivity contribution in [1.82, 2.24) is 25.0 Å². The number of nitrogens with one attached hydrogen (secondary N) is 1. The minimum Gasteiger partial charge on any atom is -0.489 e. The summed E-state index contributed by atoms with van der Waals surface area (Å²) in [7, 11) is 0. The summed E-state index contributed by atoms with van der Waals surface area (Å²) >= 11 is 0. The Morgan fingerprint density at radius 2 is 1.76 bits per heavy atom. The molecule has 1 N–H and O–H groups in total. The first-order valence-electron chi connectivity index (χ1n) is 12.1. The van der Waals surface area contributed by atoms with Crippen molar-refractivity contribution in [1.29, 1.82) is 0 Å². The molecular formula is C26H28FN5O5. The van der Waals surface area contributed by atoms with E-state index in [2.05, 4.69) is 15.2 Å². The number of carbonyl (C=O) groups is 2. The molecule has 10 nitrogen and oxygen atoms in total. The Morgan fingerprint density at radius 1 is 1.03 bits per heavy atom. The van der Waals surface area contributed by atoms with Crippen molar-refractivity contribution in [3.05, 3.63) is 76.0 Å². The number of carbonyl (C=O) groups excluding carboxylic acids is 2. The van der Waals surface area contributed by atoms with Gasteiger partial charge in [0.05, 0.1) is 6.61 Å². The van der Waals surface area contributed by atoms with Crippen molar-refractivity contribution in [2.75, 3.05) is 32.8 Å². The van der Waals surface area contributed by atoms with Gasteiger partial charge in [0, 0.05) is 44.6 Å². The van der Waals surface area contributed by atoms with Crippen LogP contribution in [0.15, 0.2) is 53.3 Å². The smallest absolute Gasteiger partial charge is 0.409 e. The van der Waals surface area contributed by atoms with Gasteiger partial charge in [0.15, 0.2) is 5.82 Å². The van der Waals surface area contributed by atoms with Gasteiger partial charge in [0.25, 0.3) is 5.56 Å². The first kappa shape index (κ1) is 25.8. The SMILES string of the molecule is CCOC(=O)N1CCN(C(=O)CCc2nnc(-c3ccc(OCc4cccc(F)c4)cc3)[nH]c2=O)CC1. The van der Waals surface area contributed by atoms with Crippen LogP contribution in [-0.2, 0) is 22.6 Å². The minimum absolute atomic E-state index is 0.109. The second-order valence-corrected chi connectivity index (χ2v) is 8.46. The number of hydrogen-bond donors (Lipinski definition) is 1. The van der Waals surface area contributed by atoms with Crippen LogP contribution in [0.2, 0.25) is 0 Å². The molecule has 2 heterocycles. The molecule has 1 saturated heterocycles. The third kappa shape index (κ3) is 6.90. The maximum atomic E-state index is 13.3. The van der Waals surface area contributed by atoms with Gasteiger partial charge < -0.3 is 24.3 Å². The molecule has 2 amide bonds. The number of halogens is 1.